The highest BCUT2D eigenvalue weighted by Gasteiger charge is 2.12. The van der Waals surface area contributed by atoms with Crippen LogP contribution in [0.3, 0.4) is 0 Å². The van der Waals surface area contributed by atoms with Crippen molar-refractivity contribution in [2.75, 3.05) is 0 Å². The second-order valence-electron chi connectivity index (χ2n) is 3.03. The van der Waals surface area contributed by atoms with E-state index in [1.807, 2.05) is 32.9 Å². The van der Waals surface area contributed by atoms with Gasteiger partial charge in [-0.3, -0.25) is 4.79 Å². The first-order valence-corrected chi connectivity index (χ1v) is 3.92. The predicted octanol–water partition coefficient (Wildman–Crippen LogP) is 2.31. The first kappa shape index (κ1) is 10.2. The molecule has 2 nitrogen and oxygen atoms in total. The van der Waals surface area contributed by atoms with Gasteiger partial charge in [-0.05, 0) is 18.8 Å². The maximum Gasteiger partial charge on any atom is 0.303 e. The Morgan fingerprint density at radius 3 is 2.36 bits per heavy atom. The van der Waals surface area contributed by atoms with Crippen molar-refractivity contribution in [3.05, 3.63) is 12.2 Å². The maximum atomic E-state index is 10.4. The standard InChI is InChI=1S/C9H16O2/c1-4-5-8(7(2)3)6-9(10)11/h4-5,7-8H,6H2,1-3H3,(H,10,11)/b5-4+/t8-/m1/s1. The smallest absolute Gasteiger partial charge is 0.303 e. The van der Waals surface area contributed by atoms with Crippen molar-refractivity contribution < 1.29 is 9.90 Å². The Morgan fingerprint density at radius 2 is 2.09 bits per heavy atom. The Morgan fingerprint density at radius 1 is 1.55 bits per heavy atom. The van der Waals surface area contributed by atoms with Crippen LogP contribution in [-0.2, 0) is 4.79 Å². The number of carbonyl (C=O) groups is 1. The van der Waals surface area contributed by atoms with E-state index in [4.69, 9.17) is 5.11 Å². The molecule has 0 spiro atoms. The van der Waals surface area contributed by atoms with E-state index in [0.717, 1.165) is 0 Å². The lowest BCUT2D eigenvalue weighted by molar-refractivity contribution is -0.138. The molecule has 0 aliphatic carbocycles. The SMILES string of the molecule is C/C=C/[C@H](CC(=O)O)C(C)C. The van der Waals surface area contributed by atoms with E-state index in [1.165, 1.54) is 0 Å². The zero-order chi connectivity index (χ0) is 8.85. The van der Waals surface area contributed by atoms with E-state index < -0.39 is 5.97 Å². The summed E-state index contributed by atoms with van der Waals surface area (Å²) in [4.78, 5) is 10.4. The Bertz CT molecular complexity index is 148. The van der Waals surface area contributed by atoms with Gasteiger partial charge in [-0.2, -0.15) is 0 Å². The molecular formula is C9H16O2. The molecule has 1 N–H and O–H groups in total. The average molecular weight is 156 g/mol. The van der Waals surface area contributed by atoms with E-state index in [1.54, 1.807) is 0 Å². The Balaban J connectivity index is 4.00. The van der Waals surface area contributed by atoms with Crippen LogP contribution in [0.2, 0.25) is 0 Å². The van der Waals surface area contributed by atoms with Crippen LogP contribution >= 0.6 is 0 Å². The van der Waals surface area contributed by atoms with Gasteiger partial charge in [-0.25, -0.2) is 0 Å². The highest BCUT2D eigenvalue weighted by atomic mass is 16.4. The Hall–Kier alpha value is -0.790. The zero-order valence-corrected chi connectivity index (χ0v) is 7.37. The molecule has 0 amide bonds. The second kappa shape index (κ2) is 4.94. The Labute approximate surface area is 67.9 Å². The number of hydrogen-bond donors (Lipinski definition) is 1. The van der Waals surface area contributed by atoms with Crippen molar-refractivity contribution in [2.45, 2.75) is 27.2 Å². The number of allylic oxidation sites excluding steroid dienone is 2. The predicted molar refractivity (Wildman–Crippen MR) is 45.4 cm³/mol. The molecule has 0 heterocycles. The molecule has 0 aromatic rings. The largest absolute Gasteiger partial charge is 0.481 e. The third-order valence-corrected chi connectivity index (χ3v) is 1.71. The van der Waals surface area contributed by atoms with Crippen LogP contribution in [0.25, 0.3) is 0 Å². The van der Waals surface area contributed by atoms with Crippen LogP contribution in [0.1, 0.15) is 27.2 Å². The average Bonchev–Trinajstić information content (AvgIpc) is 1.86. The monoisotopic (exact) mass is 156 g/mol. The van der Waals surface area contributed by atoms with E-state index in [-0.39, 0.29) is 12.3 Å². The third kappa shape index (κ3) is 4.59. The van der Waals surface area contributed by atoms with E-state index >= 15 is 0 Å². The fraction of sp³-hybridized carbons (Fsp3) is 0.667. The summed E-state index contributed by atoms with van der Waals surface area (Å²) >= 11 is 0. The number of carboxylic acid groups (broad SMARTS) is 1. The van der Waals surface area contributed by atoms with Crippen LogP contribution in [0, 0.1) is 11.8 Å². The maximum absolute atomic E-state index is 10.4. The lowest BCUT2D eigenvalue weighted by atomic mass is 9.92. The minimum absolute atomic E-state index is 0.178. The highest BCUT2D eigenvalue weighted by Crippen LogP contribution is 2.16. The van der Waals surface area contributed by atoms with Crippen LogP contribution < -0.4 is 0 Å². The number of hydrogen-bond acceptors (Lipinski definition) is 1. The van der Waals surface area contributed by atoms with E-state index in [9.17, 15) is 4.79 Å². The molecule has 0 rings (SSSR count). The highest BCUT2D eigenvalue weighted by molar-refractivity contribution is 5.67. The van der Waals surface area contributed by atoms with Gasteiger partial charge >= 0.3 is 5.97 Å². The van der Waals surface area contributed by atoms with Gasteiger partial charge in [0, 0.05) is 0 Å². The molecule has 0 fully saturated rings. The molecule has 2 heteroatoms. The van der Waals surface area contributed by atoms with Crippen LogP contribution in [-0.4, -0.2) is 11.1 Å². The van der Waals surface area contributed by atoms with Crippen molar-refractivity contribution in [2.24, 2.45) is 11.8 Å². The van der Waals surface area contributed by atoms with E-state index in [0.29, 0.717) is 5.92 Å². The number of aliphatic carboxylic acids is 1. The summed E-state index contributed by atoms with van der Waals surface area (Å²) in [5.41, 5.74) is 0. The molecule has 0 saturated heterocycles. The van der Waals surface area contributed by atoms with Crippen LogP contribution in [0.4, 0.5) is 0 Å². The molecular weight excluding hydrogens is 140 g/mol. The fourth-order valence-electron chi connectivity index (χ4n) is 0.975. The minimum Gasteiger partial charge on any atom is -0.481 e. The summed E-state index contributed by atoms with van der Waals surface area (Å²) in [6.45, 7) is 5.98. The van der Waals surface area contributed by atoms with Crippen LogP contribution in [0.15, 0.2) is 12.2 Å². The zero-order valence-electron chi connectivity index (χ0n) is 7.37. The summed E-state index contributed by atoms with van der Waals surface area (Å²) in [5, 5.41) is 8.53. The van der Waals surface area contributed by atoms with Crippen molar-refractivity contribution in [1.29, 1.82) is 0 Å². The lowest BCUT2D eigenvalue weighted by Gasteiger charge is -2.13. The van der Waals surface area contributed by atoms with Crippen molar-refractivity contribution in [3.8, 4) is 0 Å². The molecule has 0 radical (unpaired) electrons. The Kier molecular flexibility index (Phi) is 4.59. The lowest BCUT2D eigenvalue weighted by Crippen LogP contribution is -2.11. The fourth-order valence-corrected chi connectivity index (χ4v) is 0.975. The van der Waals surface area contributed by atoms with Gasteiger partial charge < -0.3 is 5.11 Å². The summed E-state index contributed by atoms with van der Waals surface area (Å²) in [6, 6.07) is 0. The van der Waals surface area contributed by atoms with E-state index in [2.05, 4.69) is 0 Å². The quantitative estimate of drug-likeness (QED) is 0.634. The molecule has 64 valence electrons. The van der Waals surface area contributed by atoms with Crippen molar-refractivity contribution in [1.82, 2.24) is 0 Å². The molecule has 0 bridgehead atoms. The molecule has 0 aromatic carbocycles. The van der Waals surface area contributed by atoms with Gasteiger partial charge in [0.1, 0.15) is 0 Å². The first-order valence-electron chi connectivity index (χ1n) is 3.92. The number of carboxylic acids is 1. The molecule has 1 atom stereocenters. The van der Waals surface area contributed by atoms with Gasteiger partial charge in [0.05, 0.1) is 6.42 Å². The van der Waals surface area contributed by atoms with Crippen LogP contribution in [0.5, 0.6) is 0 Å². The first-order chi connectivity index (χ1) is 5.07. The van der Waals surface area contributed by atoms with Gasteiger partial charge in [0.25, 0.3) is 0 Å². The molecule has 11 heavy (non-hydrogen) atoms. The summed E-state index contributed by atoms with van der Waals surface area (Å²) < 4.78 is 0. The summed E-state index contributed by atoms with van der Waals surface area (Å²) in [5.74, 6) is -0.137. The van der Waals surface area contributed by atoms with Crippen molar-refractivity contribution in [3.63, 3.8) is 0 Å². The molecule has 0 unspecified atom stereocenters. The molecule has 0 aliphatic heterocycles. The molecule has 0 aliphatic rings. The minimum atomic E-state index is -0.721. The van der Waals surface area contributed by atoms with Gasteiger partial charge in [-0.1, -0.05) is 26.0 Å². The third-order valence-electron chi connectivity index (χ3n) is 1.71. The van der Waals surface area contributed by atoms with Crippen molar-refractivity contribution >= 4 is 5.97 Å². The second-order valence-corrected chi connectivity index (χ2v) is 3.03. The summed E-state index contributed by atoms with van der Waals surface area (Å²) in [7, 11) is 0. The normalized spacial score (nSPS) is 14.2. The molecule has 0 aromatic heterocycles. The summed E-state index contributed by atoms with van der Waals surface area (Å²) in [6.07, 6.45) is 4.11. The van der Waals surface area contributed by atoms with Gasteiger partial charge in [0.15, 0.2) is 0 Å². The topological polar surface area (TPSA) is 37.3 Å². The molecule has 0 saturated carbocycles. The van der Waals surface area contributed by atoms with Gasteiger partial charge in [0.2, 0.25) is 0 Å². The van der Waals surface area contributed by atoms with Gasteiger partial charge in [-0.15, -0.1) is 0 Å². The number of rotatable bonds is 4.